The molecule has 1 aromatic carbocycles. The number of esters is 1. The van der Waals surface area contributed by atoms with Gasteiger partial charge in [-0.3, -0.25) is 14.3 Å². The van der Waals surface area contributed by atoms with Crippen LogP contribution in [0.15, 0.2) is 33.6 Å². The quantitative estimate of drug-likeness (QED) is 0.543. The summed E-state index contributed by atoms with van der Waals surface area (Å²) in [7, 11) is 0. The Balaban J connectivity index is 1.51. The van der Waals surface area contributed by atoms with Gasteiger partial charge < -0.3 is 9.26 Å². The molecule has 33 heavy (non-hydrogen) atoms. The molecule has 1 fully saturated rings. The van der Waals surface area contributed by atoms with Gasteiger partial charge in [0.1, 0.15) is 11.1 Å². The molecule has 0 bridgehead atoms. The van der Waals surface area contributed by atoms with Crippen LogP contribution < -0.4 is 5.69 Å². The lowest BCUT2D eigenvalue weighted by molar-refractivity contribution is -0.168. The maximum Gasteiger partial charge on any atom is 0.336 e. The molecule has 4 rings (SSSR count). The van der Waals surface area contributed by atoms with E-state index in [1.165, 1.54) is 4.57 Å². The Morgan fingerprint density at radius 1 is 1.12 bits per heavy atom. The second-order valence-electron chi connectivity index (χ2n) is 10.1. The van der Waals surface area contributed by atoms with E-state index in [2.05, 4.69) is 15.0 Å². The molecule has 0 unspecified atom stereocenters. The van der Waals surface area contributed by atoms with E-state index in [9.17, 15) is 9.59 Å². The molecule has 0 N–H and O–H groups in total. The molecule has 9 nitrogen and oxygen atoms in total. The summed E-state index contributed by atoms with van der Waals surface area (Å²) in [6.07, 6.45) is 1.55. The topological polar surface area (TPSA) is 95.4 Å². The van der Waals surface area contributed by atoms with Gasteiger partial charge in [0.05, 0.1) is 11.0 Å². The third-order valence-electron chi connectivity index (χ3n) is 6.32. The molecular formula is C24H33N5O4. The summed E-state index contributed by atoms with van der Waals surface area (Å²) in [4.78, 5) is 32.4. The summed E-state index contributed by atoms with van der Waals surface area (Å²) >= 11 is 0. The van der Waals surface area contributed by atoms with Crippen LogP contribution in [0.1, 0.15) is 66.2 Å². The molecule has 0 aliphatic carbocycles. The van der Waals surface area contributed by atoms with Gasteiger partial charge in [-0.25, -0.2) is 9.36 Å². The SMILES string of the molecule is CCn1c(=O)n(-c2noc(C3CCN(C(C)(C)C(=O)OC(C)(C)C)CC3)n2)c2ccccc21. The van der Waals surface area contributed by atoms with E-state index >= 15 is 0 Å². The van der Waals surface area contributed by atoms with Crippen molar-refractivity contribution in [2.45, 2.75) is 78.0 Å². The first-order valence-corrected chi connectivity index (χ1v) is 11.6. The average Bonchev–Trinajstić information content (AvgIpc) is 3.34. The van der Waals surface area contributed by atoms with Gasteiger partial charge >= 0.3 is 11.7 Å². The number of likely N-dealkylation sites (tertiary alicyclic amines) is 1. The predicted octanol–water partition coefficient (Wildman–Crippen LogP) is 3.49. The van der Waals surface area contributed by atoms with E-state index in [0.29, 0.717) is 25.5 Å². The molecule has 178 valence electrons. The number of hydrogen-bond donors (Lipinski definition) is 0. The molecule has 9 heteroatoms. The lowest BCUT2D eigenvalue weighted by Gasteiger charge is -2.41. The average molecular weight is 456 g/mol. The molecule has 2 aromatic heterocycles. The van der Waals surface area contributed by atoms with Crippen LogP contribution in [0.25, 0.3) is 17.0 Å². The number of rotatable bonds is 5. The monoisotopic (exact) mass is 455 g/mol. The van der Waals surface area contributed by atoms with Crippen LogP contribution in [0, 0.1) is 0 Å². The lowest BCUT2D eigenvalue weighted by Crippen LogP contribution is -2.54. The number of imidazole rings is 1. The first-order valence-electron chi connectivity index (χ1n) is 11.6. The van der Waals surface area contributed by atoms with E-state index in [0.717, 1.165) is 23.9 Å². The zero-order valence-electron chi connectivity index (χ0n) is 20.3. The number of fused-ring (bicyclic) bond motifs is 1. The van der Waals surface area contributed by atoms with Crippen LogP contribution in [0.5, 0.6) is 0 Å². The Kier molecular flexibility index (Phi) is 5.94. The highest BCUT2D eigenvalue weighted by Crippen LogP contribution is 2.32. The molecule has 1 aliphatic rings. The van der Waals surface area contributed by atoms with E-state index < -0.39 is 11.1 Å². The summed E-state index contributed by atoms with van der Waals surface area (Å²) in [5.74, 6) is 0.641. The van der Waals surface area contributed by atoms with Crippen LogP contribution >= 0.6 is 0 Å². The number of aromatic nitrogens is 4. The largest absolute Gasteiger partial charge is 0.459 e. The normalized spacial score (nSPS) is 16.4. The number of ether oxygens (including phenoxy) is 1. The van der Waals surface area contributed by atoms with Gasteiger partial charge in [-0.2, -0.15) is 4.98 Å². The fourth-order valence-electron chi connectivity index (χ4n) is 4.41. The molecular weight excluding hydrogens is 422 g/mol. The van der Waals surface area contributed by atoms with Crippen molar-refractivity contribution in [1.29, 1.82) is 0 Å². The predicted molar refractivity (Wildman–Crippen MR) is 125 cm³/mol. The summed E-state index contributed by atoms with van der Waals surface area (Å²) < 4.78 is 14.4. The molecule has 0 radical (unpaired) electrons. The van der Waals surface area contributed by atoms with E-state index in [4.69, 9.17) is 9.26 Å². The van der Waals surface area contributed by atoms with Gasteiger partial charge in [0.25, 0.3) is 5.95 Å². The molecule has 0 atom stereocenters. The standard InChI is InChI=1S/C24H33N5O4/c1-7-28-17-10-8-9-11-18(17)29(22(28)31)21-25-19(33-26-21)16-12-14-27(15-13-16)24(5,6)20(30)32-23(2,3)4/h8-11,16H,7,12-15H2,1-6H3. The lowest BCUT2D eigenvalue weighted by atomic mass is 9.92. The van der Waals surface area contributed by atoms with Crippen molar-refractivity contribution in [2.75, 3.05) is 13.1 Å². The zero-order chi connectivity index (χ0) is 24.0. The van der Waals surface area contributed by atoms with Crippen LogP contribution in [0.2, 0.25) is 0 Å². The van der Waals surface area contributed by atoms with Gasteiger partial charge in [0, 0.05) is 12.5 Å². The van der Waals surface area contributed by atoms with Crippen molar-refractivity contribution in [3.63, 3.8) is 0 Å². The van der Waals surface area contributed by atoms with E-state index in [1.807, 2.05) is 65.8 Å². The summed E-state index contributed by atoms with van der Waals surface area (Å²) in [5, 5.41) is 4.13. The third-order valence-corrected chi connectivity index (χ3v) is 6.32. The highest BCUT2D eigenvalue weighted by Gasteiger charge is 2.40. The maximum atomic E-state index is 13.0. The van der Waals surface area contributed by atoms with Crippen molar-refractivity contribution < 1.29 is 14.1 Å². The van der Waals surface area contributed by atoms with Crippen molar-refractivity contribution in [2.24, 2.45) is 0 Å². The number of piperidine rings is 1. The zero-order valence-corrected chi connectivity index (χ0v) is 20.3. The Hall–Kier alpha value is -2.94. The molecule has 0 saturated carbocycles. The minimum absolute atomic E-state index is 0.0761. The number of aryl methyl sites for hydroxylation is 1. The second kappa shape index (κ2) is 8.44. The Morgan fingerprint density at radius 3 is 2.36 bits per heavy atom. The molecule has 1 aliphatic heterocycles. The summed E-state index contributed by atoms with van der Waals surface area (Å²) in [6.45, 7) is 13.4. The highest BCUT2D eigenvalue weighted by atomic mass is 16.6. The Morgan fingerprint density at radius 2 is 1.76 bits per heavy atom. The van der Waals surface area contributed by atoms with E-state index in [1.54, 1.807) is 4.57 Å². The van der Waals surface area contributed by atoms with Crippen molar-refractivity contribution in [1.82, 2.24) is 24.2 Å². The van der Waals surface area contributed by atoms with Crippen LogP contribution in [-0.2, 0) is 16.1 Å². The third kappa shape index (κ3) is 4.34. The van der Waals surface area contributed by atoms with Crippen molar-refractivity contribution in [3.05, 3.63) is 40.6 Å². The fraction of sp³-hybridized carbons (Fsp3) is 0.583. The number of para-hydroxylation sites is 2. The first-order chi connectivity index (χ1) is 15.5. The number of carbonyl (C=O) groups excluding carboxylic acids is 1. The first kappa shape index (κ1) is 23.2. The van der Waals surface area contributed by atoms with Crippen LogP contribution in [0.3, 0.4) is 0 Å². The Labute approximate surface area is 193 Å². The minimum Gasteiger partial charge on any atom is -0.459 e. The highest BCUT2D eigenvalue weighted by molar-refractivity contribution is 5.80. The molecule has 1 saturated heterocycles. The maximum absolute atomic E-state index is 13.0. The van der Waals surface area contributed by atoms with Crippen molar-refractivity contribution in [3.8, 4) is 5.95 Å². The van der Waals surface area contributed by atoms with Gasteiger partial charge in [-0.05, 0) is 84.8 Å². The number of nitrogens with zero attached hydrogens (tertiary/aromatic N) is 5. The summed E-state index contributed by atoms with van der Waals surface area (Å²) in [5.41, 5.74) is 0.180. The van der Waals surface area contributed by atoms with Crippen LogP contribution in [-0.4, -0.2) is 54.4 Å². The van der Waals surface area contributed by atoms with Gasteiger partial charge in [-0.1, -0.05) is 12.1 Å². The molecule has 3 aromatic rings. The van der Waals surface area contributed by atoms with Gasteiger partial charge in [0.15, 0.2) is 0 Å². The number of carbonyl (C=O) groups is 1. The summed E-state index contributed by atoms with van der Waals surface area (Å²) in [6, 6.07) is 7.60. The number of hydrogen-bond acceptors (Lipinski definition) is 7. The molecule has 0 spiro atoms. The minimum atomic E-state index is -0.715. The molecule has 3 heterocycles. The van der Waals surface area contributed by atoms with E-state index in [-0.39, 0.29) is 23.5 Å². The fourth-order valence-corrected chi connectivity index (χ4v) is 4.41. The number of benzene rings is 1. The molecule has 0 amide bonds. The smallest absolute Gasteiger partial charge is 0.336 e. The Bertz CT molecular complexity index is 1210. The second-order valence-corrected chi connectivity index (χ2v) is 10.1. The van der Waals surface area contributed by atoms with Crippen LogP contribution in [0.4, 0.5) is 0 Å². The van der Waals surface area contributed by atoms with Gasteiger partial charge in [-0.15, -0.1) is 0 Å². The van der Waals surface area contributed by atoms with Gasteiger partial charge in [0.2, 0.25) is 5.89 Å². The van der Waals surface area contributed by atoms with Crippen molar-refractivity contribution >= 4 is 17.0 Å².